The van der Waals surface area contributed by atoms with Crippen LogP contribution in [0.2, 0.25) is 0 Å². The third-order valence-electron chi connectivity index (χ3n) is 5.03. The van der Waals surface area contributed by atoms with Gasteiger partial charge in [0.05, 0.1) is 0 Å². The van der Waals surface area contributed by atoms with E-state index in [1.165, 1.54) is 5.56 Å². The number of carboxylic acids is 1. The summed E-state index contributed by atoms with van der Waals surface area (Å²) in [6.45, 7) is 6.33. The molecule has 0 radical (unpaired) electrons. The zero-order valence-corrected chi connectivity index (χ0v) is 12.7. The van der Waals surface area contributed by atoms with Gasteiger partial charge in [0, 0.05) is 12.6 Å². The molecule has 4 heteroatoms. The molecule has 2 heterocycles. The third-order valence-corrected chi connectivity index (χ3v) is 5.03. The molecule has 1 saturated heterocycles. The first-order valence-corrected chi connectivity index (χ1v) is 7.99. The van der Waals surface area contributed by atoms with Crippen LogP contribution in [0, 0.1) is 0 Å². The van der Waals surface area contributed by atoms with Crippen LogP contribution in [-0.2, 0) is 11.2 Å². The summed E-state index contributed by atoms with van der Waals surface area (Å²) >= 11 is 0. The lowest BCUT2D eigenvalue weighted by Gasteiger charge is -2.43. The Morgan fingerprint density at radius 2 is 1.95 bits per heavy atom. The van der Waals surface area contributed by atoms with Crippen molar-refractivity contribution in [3.8, 4) is 0 Å². The number of hydrogen-bond donors (Lipinski definition) is 1. The first-order chi connectivity index (χ1) is 10.2. The van der Waals surface area contributed by atoms with E-state index >= 15 is 0 Å². The number of piperidine rings is 1. The number of carbonyl (C=O) groups is 1. The van der Waals surface area contributed by atoms with E-state index < -0.39 is 12.0 Å². The van der Waals surface area contributed by atoms with Gasteiger partial charge in [-0.3, -0.25) is 9.69 Å². The van der Waals surface area contributed by atoms with E-state index in [0.717, 1.165) is 51.0 Å². The summed E-state index contributed by atoms with van der Waals surface area (Å²) in [6.07, 6.45) is 3.13. The Morgan fingerprint density at radius 1 is 1.24 bits per heavy atom. The van der Waals surface area contributed by atoms with Crippen LogP contribution in [0.25, 0.3) is 0 Å². The van der Waals surface area contributed by atoms with Crippen LogP contribution in [0.1, 0.15) is 36.9 Å². The van der Waals surface area contributed by atoms with Gasteiger partial charge in [0.2, 0.25) is 0 Å². The van der Waals surface area contributed by atoms with E-state index in [0.29, 0.717) is 6.04 Å². The summed E-state index contributed by atoms with van der Waals surface area (Å²) < 4.78 is 0. The van der Waals surface area contributed by atoms with E-state index in [1.807, 2.05) is 18.2 Å². The van der Waals surface area contributed by atoms with E-state index in [1.54, 1.807) is 0 Å². The van der Waals surface area contributed by atoms with Gasteiger partial charge in [0.1, 0.15) is 6.04 Å². The number of hydrogen-bond acceptors (Lipinski definition) is 3. The van der Waals surface area contributed by atoms with Gasteiger partial charge in [-0.2, -0.15) is 0 Å². The van der Waals surface area contributed by atoms with E-state index in [9.17, 15) is 9.90 Å². The minimum Gasteiger partial charge on any atom is -0.480 e. The van der Waals surface area contributed by atoms with E-state index in [-0.39, 0.29) is 0 Å². The molecule has 114 valence electrons. The largest absolute Gasteiger partial charge is 0.480 e. The Labute approximate surface area is 126 Å². The second kappa shape index (κ2) is 6.16. The Morgan fingerprint density at radius 3 is 2.62 bits per heavy atom. The predicted octanol–water partition coefficient (Wildman–Crippen LogP) is 2.15. The van der Waals surface area contributed by atoms with Crippen molar-refractivity contribution >= 4 is 5.97 Å². The highest BCUT2D eigenvalue weighted by molar-refractivity contribution is 5.76. The predicted molar refractivity (Wildman–Crippen MR) is 82.4 cm³/mol. The molecule has 1 N–H and O–H groups in total. The number of likely N-dealkylation sites (tertiary alicyclic amines) is 1. The highest BCUT2D eigenvalue weighted by Crippen LogP contribution is 2.34. The quantitative estimate of drug-likeness (QED) is 0.925. The fourth-order valence-electron chi connectivity index (χ4n) is 3.82. The molecule has 1 atom stereocenters. The minimum absolute atomic E-state index is 0.405. The molecule has 21 heavy (non-hydrogen) atoms. The van der Waals surface area contributed by atoms with Gasteiger partial charge < -0.3 is 10.0 Å². The van der Waals surface area contributed by atoms with Crippen molar-refractivity contribution < 1.29 is 9.90 Å². The van der Waals surface area contributed by atoms with Crippen LogP contribution in [0.3, 0.4) is 0 Å². The second-order valence-corrected chi connectivity index (χ2v) is 6.09. The van der Waals surface area contributed by atoms with Crippen LogP contribution >= 0.6 is 0 Å². The molecule has 0 bridgehead atoms. The maximum Gasteiger partial charge on any atom is 0.325 e. The van der Waals surface area contributed by atoms with Crippen molar-refractivity contribution in [2.75, 3.05) is 26.2 Å². The fraction of sp³-hybridized carbons (Fsp3) is 0.588. The second-order valence-electron chi connectivity index (χ2n) is 6.09. The summed E-state index contributed by atoms with van der Waals surface area (Å²) in [5, 5.41) is 9.73. The average Bonchev–Trinajstić information content (AvgIpc) is 2.53. The van der Waals surface area contributed by atoms with Crippen molar-refractivity contribution in [3.05, 3.63) is 35.4 Å². The summed E-state index contributed by atoms with van der Waals surface area (Å²) in [6, 6.07) is 7.96. The molecule has 1 aromatic rings. The van der Waals surface area contributed by atoms with Crippen LogP contribution in [-0.4, -0.2) is 53.1 Å². The Bertz CT molecular complexity index is 509. The van der Waals surface area contributed by atoms with E-state index in [4.69, 9.17) is 0 Å². The molecule has 1 unspecified atom stereocenters. The third kappa shape index (κ3) is 2.83. The van der Waals surface area contributed by atoms with Crippen LogP contribution < -0.4 is 0 Å². The summed E-state index contributed by atoms with van der Waals surface area (Å²) in [7, 11) is 0. The molecule has 0 saturated carbocycles. The monoisotopic (exact) mass is 288 g/mol. The van der Waals surface area contributed by atoms with Crippen molar-refractivity contribution in [1.29, 1.82) is 0 Å². The molecule has 2 aliphatic heterocycles. The summed E-state index contributed by atoms with van der Waals surface area (Å²) in [4.78, 5) is 16.5. The molecule has 0 amide bonds. The standard InChI is InChI=1S/C17H24N2O2/c1-2-18-10-8-14(9-11-18)19-12-7-13-5-3-4-6-15(13)16(19)17(20)21/h3-6,14,16H,2,7-12H2,1H3,(H,20,21). The number of aliphatic carboxylic acids is 1. The van der Waals surface area contributed by atoms with Crippen molar-refractivity contribution in [3.63, 3.8) is 0 Å². The SMILES string of the molecule is CCN1CCC(N2CCc3ccccc3C2C(=O)O)CC1. The number of nitrogens with zero attached hydrogens (tertiary/aromatic N) is 2. The van der Waals surface area contributed by atoms with Gasteiger partial charge in [0.15, 0.2) is 0 Å². The minimum atomic E-state index is -0.708. The van der Waals surface area contributed by atoms with Gasteiger partial charge in [-0.25, -0.2) is 0 Å². The van der Waals surface area contributed by atoms with Gasteiger partial charge in [-0.1, -0.05) is 31.2 Å². The van der Waals surface area contributed by atoms with Crippen molar-refractivity contribution in [2.45, 2.75) is 38.3 Å². The van der Waals surface area contributed by atoms with Gasteiger partial charge in [-0.15, -0.1) is 0 Å². The highest BCUT2D eigenvalue weighted by atomic mass is 16.4. The molecule has 3 rings (SSSR count). The number of carboxylic acid groups (broad SMARTS) is 1. The zero-order valence-electron chi connectivity index (χ0n) is 12.7. The average molecular weight is 288 g/mol. The highest BCUT2D eigenvalue weighted by Gasteiger charge is 2.37. The van der Waals surface area contributed by atoms with Crippen molar-refractivity contribution in [1.82, 2.24) is 9.80 Å². The van der Waals surface area contributed by atoms with Crippen LogP contribution in [0.5, 0.6) is 0 Å². The lowest BCUT2D eigenvalue weighted by atomic mass is 9.89. The Hall–Kier alpha value is -1.39. The van der Waals surface area contributed by atoms with Crippen molar-refractivity contribution in [2.24, 2.45) is 0 Å². The van der Waals surface area contributed by atoms with Crippen LogP contribution in [0.15, 0.2) is 24.3 Å². The molecule has 0 aliphatic carbocycles. The first kappa shape index (κ1) is 14.5. The van der Waals surface area contributed by atoms with Gasteiger partial charge in [-0.05, 0) is 50.0 Å². The summed E-state index contributed by atoms with van der Waals surface area (Å²) in [5.41, 5.74) is 2.20. The van der Waals surface area contributed by atoms with E-state index in [2.05, 4.69) is 22.8 Å². The summed E-state index contributed by atoms with van der Waals surface area (Å²) in [5.74, 6) is -0.708. The molecule has 0 spiro atoms. The smallest absolute Gasteiger partial charge is 0.325 e. The zero-order chi connectivity index (χ0) is 14.8. The van der Waals surface area contributed by atoms with Gasteiger partial charge in [0.25, 0.3) is 0 Å². The molecular weight excluding hydrogens is 264 g/mol. The molecule has 1 aromatic carbocycles. The molecule has 0 aromatic heterocycles. The first-order valence-electron chi connectivity index (χ1n) is 7.99. The molecule has 1 fully saturated rings. The number of rotatable bonds is 3. The Balaban J connectivity index is 1.81. The maximum absolute atomic E-state index is 11.8. The Kier molecular flexibility index (Phi) is 4.27. The molecule has 4 nitrogen and oxygen atoms in total. The topological polar surface area (TPSA) is 43.8 Å². The maximum atomic E-state index is 11.8. The lowest BCUT2D eigenvalue weighted by Crippen LogP contribution is -2.50. The lowest BCUT2D eigenvalue weighted by molar-refractivity contribution is -0.145. The molecular formula is C17H24N2O2. The normalized spacial score (nSPS) is 24.7. The van der Waals surface area contributed by atoms with Gasteiger partial charge >= 0.3 is 5.97 Å². The fourth-order valence-corrected chi connectivity index (χ4v) is 3.82. The molecule has 2 aliphatic rings. The number of fused-ring (bicyclic) bond motifs is 1. The number of benzene rings is 1. The van der Waals surface area contributed by atoms with Crippen LogP contribution in [0.4, 0.5) is 0 Å².